The van der Waals surface area contributed by atoms with E-state index in [0.717, 1.165) is 30.1 Å². The van der Waals surface area contributed by atoms with Crippen molar-refractivity contribution < 1.29 is 9.90 Å². The van der Waals surface area contributed by atoms with Crippen LogP contribution in [0.1, 0.15) is 47.3 Å². The Morgan fingerprint density at radius 3 is 2.78 bits per heavy atom. The van der Waals surface area contributed by atoms with Crippen molar-refractivity contribution in [2.75, 3.05) is 11.9 Å². The lowest BCUT2D eigenvalue weighted by Gasteiger charge is -2.25. The van der Waals surface area contributed by atoms with E-state index in [0.29, 0.717) is 11.4 Å². The predicted molar refractivity (Wildman–Crippen MR) is 71.1 cm³/mol. The number of nitrogens with zero attached hydrogens (tertiary/aromatic N) is 1. The molecule has 18 heavy (non-hydrogen) atoms. The maximum Gasteiger partial charge on any atom is 0.339 e. The quantitative estimate of drug-likeness (QED) is 0.840. The highest BCUT2D eigenvalue weighted by Crippen LogP contribution is 2.29. The Hall–Kier alpha value is -1.58. The third-order valence-corrected chi connectivity index (χ3v) is 3.63. The highest BCUT2D eigenvalue weighted by atomic mass is 16.4. The van der Waals surface area contributed by atoms with Gasteiger partial charge in [0.05, 0.1) is 0 Å². The summed E-state index contributed by atoms with van der Waals surface area (Å²) in [6.45, 7) is 4.51. The molecule has 0 spiro atoms. The molecule has 1 heterocycles. The summed E-state index contributed by atoms with van der Waals surface area (Å²) >= 11 is 0. The fourth-order valence-electron chi connectivity index (χ4n) is 2.41. The van der Waals surface area contributed by atoms with E-state index in [1.165, 1.54) is 19.3 Å². The standard InChI is InChI=1S/C14H20N2O2/c1-9-8-10(2)16-13(12(9)14(17)18)15-7-6-11-4-3-5-11/h8,11H,3-7H2,1-2H3,(H,15,16)(H,17,18). The molecule has 0 atom stereocenters. The summed E-state index contributed by atoms with van der Waals surface area (Å²) in [5.74, 6) is 0.419. The van der Waals surface area contributed by atoms with Gasteiger partial charge in [0, 0.05) is 12.2 Å². The van der Waals surface area contributed by atoms with Crippen LogP contribution in [0.3, 0.4) is 0 Å². The fourth-order valence-corrected chi connectivity index (χ4v) is 2.41. The minimum atomic E-state index is -0.911. The van der Waals surface area contributed by atoms with Gasteiger partial charge in [-0.3, -0.25) is 0 Å². The van der Waals surface area contributed by atoms with Gasteiger partial charge < -0.3 is 10.4 Å². The molecule has 0 saturated heterocycles. The van der Waals surface area contributed by atoms with Gasteiger partial charge in [-0.15, -0.1) is 0 Å². The number of nitrogens with one attached hydrogen (secondary N) is 1. The van der Waals surface area contributed by atoms with Crippen LogP contribution in [0.2, 0.25) is 0 Å². The second-order valence-corrected chi connectivity index (χ2v) is 5.12. The number of hydrogen-bond donors (Lipinski definition) is 2. The van der Waals surface area contributed by atoms with Crippen molar-refractivity contribution in [3.05, 3.63) is 22.9 Å². The van der Waals surface area contributed by atoms with Crippen LogP contribution >= 0.6 is 0 Å². The third kappa shape index (κ3) is 2.81. The summed E-state index contributed by atoms with van der Waals surface area (Å²) in [5, 5.41) is 12.4. The first-order valence-electron chi connectivity index (χ1n) is 6.53. The molecule has 2 rings (SSSR count). The number of aromatic carboxylic acids is 1. The molecule has 1 aliphatic rings. The molecule has 0 aliphatic heterocycles. The molecule has 98 valence electrons. The van der Waals surface area contributed by atoms with Crippen LogP contribution in [0.4, 0.5) is 5.82 Å². The first kappa shape index (κ1) is 12.9. The van der Waals surface area contributed by atoms with Gasteiger partial charge >= 0.3 is 5.97 Å². The molecule has 4 heteroatoms. The van der Waals surface area contributed by atoms with Gasteiger partial charge in [-0.05, 0) is 37.8 Å². The smallest absolute Gasteiger partial charge is 0.339 e. The molecule has 1 aromatic heterocycles. The van der Waals surface area contributed by atoms with Crippen LogP contribution in [-0.4, -0.2) is 22.6 Å². The summed E-state index contributed by atoms with van der Waals surface area (Å²) < 4.78 is 0. The molecular formula is C14H20N2O2. The maximum atomic E-state index is 11.2. The molecule has 0 radical (unpaired) electrons. The number of anilines is 1. The number of hydrogen-bond acceptors (Lipinski definition) is 3. The molecule has 1 aromatic rings. The van der Waals surface area contributed by atoms with Crippen LogP contribution in [0.5, 0.6) is 0 Å². The van der Waals surface area contributed by atoms with E-state index >= 15 is 0 Å². The van der Waals surface area contributed by atoms with Gasteiger partial charge in [-0.1, -0.05) is 19.3 Å². The second kappa shape index (κ2) is 5.38. The Morgan fingerprint density at radius 1 is 1.50 bits per heavy atom. The monoisotopic (exact) mass is 248 g/mol. The molecule has 1 saturated carbocycles. The zero-order valence-corrected chi connectivity index (χ0v) is 11.0. The Balaban J connectivity index is 2.07. The number of carboxylic acids is 1. The van der Waals surface area contributed by atoms with Crippen molar-refractivity contribution in [1.82, 2.24) is 4.98 Å². The summed E-state index contributed by atoms with van der Waals surface area (Å²) in [6, 6.07) is 1.81. The highest BCUT2D eigenvalue weighted by Gasteiger charge is 2.18. The summed E-state index contributed by atoms with van der Waals surface area (Å²) in [7, 11) is 0. The van der Waals surface area contributed by atoms with Crippen LogP contribution in [0.25, 0.3) is 0 Å². The Kier molecular flexibility index (Phi) is 3.84. The summed E-state index contributed by atoms with van der Waals surface area (Å²) in [6.07, 6.45) is 5.07. The Morgan fingerprint density at radius 2 is 2.22 bits per heavy atom. The van der Waals surface area contributed by atoms with E-state index in [-0.39, 0.29) is 0 Å². The molecule has 0 unspecified atom stereocenters. The number of rotatable bonds is 5. The van der Waals surface area contributed by atoms with Crippen LogP contribution in [-0.2, 0) is 0 Å². The fraction of sp³-hybridized carbons (Fsp3) is 0.571. The van der Waals surface area contributed by atoms with E-state index in [1.807, 2.05) is 13.8 Å². The maximum absolute atomic E-state index is 11.2. The summed E-state index contributed by atoms with van der Waals surface area (Å²) in [5.41, 5.74) is 1.92. The zero-order valence-electron chi connectivity index (χ0n) is 11.0. The number of carboxylic acid groups (broad SMARTS) is 1. The second-order valence-electron chi connectivity index (χ2n) is 5.12. The van der Waals surface area contributed by atoms with E-state index in [1.54, 1.807) is 6.07 Å². The van der Waals surface area contributed by atoms with Crippen molar-refractivity contribution in [2.45, 2.75) is 39.5 Å². The highest BCUT2D eigenvalue weighted by molar-refractivity contribution is 5.94. The normalized spacial score (nSPS) is 15.2. The minimum absolute atomic E-state index is 0.300. The Labute approximate surface area is 107 Å². The van der Waals surface area contributed by atoms with Gasteiger partial charge in [-0.2, -0.15) is 0 Å². The van der Waals surface area contributed by atoms with E-state index in [2.05, 4.69) is 10.3 Å². The SMILES string of the molecule is Cc1cc(C)c(C(=O)O)c(NCCC2CCC2)n1. The first-order chi connectivity index (χ1) is 8.58. The van der Waals surface area contributed by atoms with Gasteiger partial charge in [-0.25, -0.2) is 9.78 Å². The lowest BCUT2D eigenvalue weighted by Crippen LogP contribution is -2.17. The molecular weight excluding hydrogens is 228 g/mol. The average molecular weight is 248 g/mol. The van der Waals surface area contributed by atoms with Gasteiger partial charge in [0.1, 0.15) is 11.4 Å². The van der Waals surface area contributed by atoms with Crippen molar-refractivity contribution in [3.8, 4) is 0 Å². The molecule has 0 aromatic carbocycles. The predicted octanol–water partition coefficient (Wildman–Crippen LogP) is 3.00. The van der Waals surface area contributed by atoms with Crippen molar-refractivity contribution in [3.63, 3.8) is 0 Å². The van der Waals surface area contributed by atoms with Gasteiger partial charge in [0.2, 0.25) is 0 Å². The minimum Gasteiger partial charge on any atom is -0.478 e. The largest absolute Gasteiger partial charge is 0.478 e. The Bertz CT molecular complexity index is 453. The molecule has 2 N–H and O–H groups in total. The van der Waals surface area contributed by atoms with E-state index < -0.39 is 5.97 Å². The lowest BCUT2D eigenvalue weighted by molar-refractivity contribution is 0.0697. The first-order valence-corrected chi connectivity index (χ1v) is 6.53. The number of carbonyl (C=O) groups is 1. The summed E-state index contributed by atoms with van der Waals surface area (Å²) in [4.78, 5) is 15.5. The molecule has 0 amide bonds. The topological polar surface area (TPSA) is 62.2 Å². The average Bonchev–Trinajstić information content (AvgIpc) is 2.19. The van der Waals surface area contributed by atoms with Crippen molar-refractivity contribution in [1.29, 1.82) is 0 Å². The van der Waals surface area contributed by atoms with Crippen LogP contribution < -0.4 is 5.32 Å². The van der Waals surface area contributed by atoms with E-state index in [9.17, 15) is 9.90 Å². The number of aromatic nitrogens is 1. The van der Waals surface area contributed by atoms with Gasteiger partial charge in [0.25, 0.3) is 0 Å². The molecule has 1 fully saturated rings. The third-order valence-electron chi connectivity index (χ3n) is 3.63. The van der Waals surface area contributed by atoms with Crippen LogP contribution in [0.15, 0.2) is 6.07 Å². The zero-order chi connectivity index (χ0) is 13.1. The van der Waals surface area contributed by atoms with Crippen molar-refractivity contribution >= 4 is 11.8 Å². The lowest BCUT2D eigenvalue weighted by atomic mass is 9.83. The van der Waals surface area contributed by atoms with Crippen LogP contribution in [0, 0.1) is 19.8 Å². The van der Waals surface area contributed by atoms with Gasteiger partial charge in [0.15, 0.2) is 0 Å². The van der Waals surface area contributed by atoms with Crippen molar-refractivity contribution in [2.24, 2.45) is 5.92 Å². The number of aryl methyl sites for hydroxylation is 2. The molecule has 0 bridgehead atoms. The molecule has 1 aliphatic carbocycles. The number of pyridine rings is 1. The van der Waals surface area contributed by atoms with E-state index in [4.69, 9.17) is 0 Å². The molecule has 4 nitrogen and oxygen atoms in total.